The van der Waals surface area contributed by atoms with Gasteiger partial charge < -0.3 is 30.3 Å². The van der Waals surface area contributed by atoms with E-state index in [1.165, 1.54) is 0 Å². The van der Waals surface area contributed by atoms with E-state index in [1.54, 1.807) is 24.9 Å². The molecule has 5 aromatic rings. The number of urea groups is 1. The van der Waals surface area contributed by atoms with Crippen LogP contribution < -0.4 is 21.4 Å². The van der Waals surface area contributed by atoms with Crippen molar-refractivity contribution in [1.82, 2.24) is 31.3 Å². The van der Waals surface area contributed by atoms with Crippen molar-refractivity contribution in [3.8, 4) is 0 Å². The standard InChI is InChI=1S/C45H52N6O7/c1-5-46-44(55)50-58-31-40(53)48-38(42(54)51(32(4)43(56-6-2)57-7-3)30-34-20-17-19-33-21-18-28-47-41(33)34)29-39(52)49-45(35-22-11-8-12-23-35,36-24-13-9-14-25-36)37-26-15-10-16-27-37/h8-28,32,38,43H,5-7,29-31H2,1-4H3,(H,48,53)(H,49,52)(H2,46,50,55)/t32-,38-/m0/s1. The summed E-state index contributed by atoms with van der Waals surface area (Å²) in [5.41, 5.74) is 4.76. The number of hydroxylamine groups is 1. The second-order valence-electron chi connectivity index (χ2n) is 13.4. The number of hydrogen-bond acceptors (Lipinski definition) is 8. The molecule has 0 unspecified atom stereocenters. The molecule has 5 amide bonds. The average Bonchev–Trinajstić information content (AvgIpc) is 3.25. The lowest BCUT2D eigenvalue weighted by Gasteiger charge is -2.38. The van der Waals surface area contributed by atoms with E-state index in [9.17, 15) is 14.4 Å². The summed E-state index contributed by atoms with van der Waals surface area (Å²) in [7, 11) is 0. The van der Waals surface area contributed by atoms with E-state index in [1.807, 2.05) is 135 Å². The summed E-state index contributed by atoms with van der Waals surface area (Å²) < 4.78 is 12.0. The Kier molecular flexibility index (Phi) is 15.9. The highest BCUT2D eigenvalue weighted by molar-refractivity contribution is 5.93. The quantitative estimate of drug-likeness (QED) is 0.0452. The molecule has 5 rings (SSSR count). The highest BCUT2D eigenvalue weighted by Crippen LogP contribution is 2.37. The highest BCUT2D eigenvalue weighted by Gasteiger charge is 2.40. The highest BCUT2D eigenvalue weighted by atomic mass is 16.7. The van der Waals surface area contributed by atoms with Gasteiger partial charge in [-0.25, -0.2) is 10.3 Å². The third-order valence-corrected chi connectivity index (χ3v) is 9.56. The third-order valence-electron chi connectivity index (χ3n) is 9.56. The molecule has 0 radical (unpaired) electrons. The first kappa shape index (κ1) is 43.0. The zero-order chi connectivity index (χ0) is 41.3. The fourth-order valence-electron chi connectivity index (χ4n) is 6.93. The van der Waals surface area contributed by atoms with Gasteiger partial charge in [-0.15, -0.1) is 0 Å². The average molecular weight is 789 g/mol. The van der Waals surface area contributed by atoms with Gasteiger partial charge in [0, 0.05) is 37.9 Å². The van der Waals surface area contributed by atoms with Gasteiger partial charge in [0.1, 0.15) is 11.6 Å². The van der Waals surface area contributed by atoms with Crippen molar-refractivity contribution in [1.29, 1.82) is 0 Å². The number of carbonyl (C=O) groups is 4. The maximum absolute atomic E-state index is 15.1. The third kappa shape index (κ3) is 10.8. The number of fused-ring (bicyclic) bond motifs is 1. The minimum atomic E-state index is -1.41. The number of hydrogen-bond donors (Lipinski definition) is 4. The Balaban J connectivity index is 1.56. The van der Waals surface area contributed by atoms with Crippen LogP contribution >= 0.6 is 0 Å². The van der Waals surface area contributed by atoms with E-state index < -0.39 is 60.7 Å². The Bertz CT molecular complexity index is 1980. The molecule has 13 nitrogen and oxygen atoms in total. The Hall–Kier alpha value is -6.15. The molecule has 0 aliphatic rings. The molecular weight excluding hydrogens is 737 g/mol. The number of aromatic nitrogens is 1. The van der Waals surface area contributed by atoms with Gasteiger partial charge in [0.2, 0.25) is 17.7 Å². The van der Waals surface area contributed by atoms with Crippen LogP contribution in [0, 0.1) is 0 Å². The molecule has 4 N–H and O–H groups in total. The van der Waals surface area contributed by atoms with Crippen molar-refractivity contribution < 1.29 is 33.5 Å². The van der Waals surface area contributed by atoms with Gasteiger partial charge in [-0.3, -0.25) is 24.2 Å². The predicted molar refractivity (Wildman–Crippen MR) is 221 cm³/mol. The first-order valence-corrected chi connectivity index (χ1v) is 19.5. The first-order valence-electron chi connectivity index (χ1n) is 19.5. The molecule has 0 fully saturated rings. The molecule has 0 bridgehead atoms. The second kappa shape index (κ2) is 21.4. The van der Waals surface area contributed by atoms with Crippen LogP contribution in [-0.4, -0.2) is 78.4 Å². The molecule has 58 heavy (non-hydrogen) atoms. The molecule has 1 heterocycles. The van der Waals surface area contributed by atoms with Crippen LogP contribution in [0.3, 0.4) is 0 Å². The Labute approximate surface area is 339 Å². The number of nitrogens with zero attached hydrogens (tertiary/aromatic N) is 2. The number of ether oxygens (including phenoxy) is 2. The summed E-state index contributed by atoms with van der Waals surface area (Å²) in [5, 5.41) is 9.43. The van der Waals surface area contributed by atoms with Gasteiger partial charge in [-0.05, 0) is 56.0 Å². The van der Waals surface area contributed by atoms with Gasteiger partial charge in [0.25, 0.3) is 0 Å². The van der Waals surface area contributed by atoms with Crippen molar-refractivity contribution in [3.05, 3.63) is 150 Å². The van der Waals surface area contributed by atoms with Crippen LogP contribution in [0.15, 0.2) is 128 Å². The second-order valence-corrected chi connectivity index (χ2v) is 13.4. The fourth-order valence-corrected chi connectivity index (χ4v) is 6.93. The van der Waals surface area contributed by atoms with E-state index in [4.69, 9.17) is 14.3 Å². The van der Waals surface area contributed by atoms with Gasteiger partial charge in [0.15, 0.2) is 12.9 Å². The van der Waals surface area contributed by atoms with Crippen molar-refractivity contribution in [2.24, 2.45) is 0 Å². The lowest BCUT2D eigenvalue weighted by molar-refractivity contribution is -0.180. The van der Waals surface area contributed by atoms with Crippen LogP contribution in [0.5, 0.6) is 0 Å². The maximum atomic E-state index is 15.1. The Morgan fingerprint density at radius 3 is 1.84 bits per heavy atom. The predicted octanol–water partition coefficient (Wildman–Crippen LogP) is 5.58. The van der Waals surface area contributed by atoms with Crippen LogP contribution in [0.25, 0.3) is 10.9 Å². The molecule has 13 heteroatoms. The molecule has 0 aliphatic heterocycles. The van der Waals surface area contributed by atoms with Crippen molar-refractivity contribution in [2.75, 3.05) is 26.4 Å². The fraction of sp³-hybridized carbons (Fsp3) is 0.311. The molecule has 0 aliphatic carbocycles. The molecular formula is C45H52N6O7. The number of nitrogens with one attached hydrogen (secondary N) is 4. The zero-order valence-corrected chi connectivity index (χ0v) is 33.4. The summed E-state index contributed by atoms with van der Waals surface area (Å²) in [4.78, 5) is 66.7. The van der Waals surface area contributed by atoms with E-state index in [0.717, 1.165) is 27.6 Å². The number of benzene rings is 4. The number of pyridine rings is 1. The summed E-state index contributed by atoms with van der Waals surface area (Å²) in [6, 6.07) is 35.5. The maximum Gasteiger partial charge on any atom is 0.338 e. The summed E-state index contributed by atoms with van der Waals surface area (Å²) >= 11 is 0. The number of amides is 5. The molecule has 4 aromatic carbocycles. The first-order chi connectivity index (χ1) is 28.2. The summed E-state index contributed by atoms with van der Waals surface area (Å²) in [6.45, 7) is 7.59. The lowest BCUT2D eigenvalue weighted by atomic mass is 9.77. The van der Waals surface area contributed by atoms with E-state index in [0.29, 0.717) is 25.3 Å². The molecule has 0 spiro atoms. The lowest BCUT2D eigenvalue weighted by Crippen LogP contribution is -2.57. The largest absolute Gasteiger partial charge is 0.351 e. The number of para-hydroxylation sites is 1. The van der Waals surface area contributed by atoms with E-state index >= 15 is 4.79 Å². The summed E-state index contributed by atoms with van der Waals surface area (Å²) in [6.07, 6.45) is 0.386. The van der Waals surface area contributed by atoms with Gasteiger partial charge in [-0.2, -0.15) is 0 Å². The molecule has 1 aromatic heterocycles. The minimum absolute atomic E-state index is 0.0518. The van der Waals surface area contributed by atoms with Crippen molar-refractivity contribution >= 4 is 34.7 Å². The molecule has 0 saturated heterocycles. The molecule has 2 atom stereocenters. The minimum Gasteiger partial charge on any atom is -0.351 e. The Morgan fingerprint density at radius 2 is 1.29 bits per heavy atom. The van der Waals surface area contributed by atoms with Crippen LogP contribution in [0.1, 0.15) is 56.4 Å². The van der Waals surface area contributed by atoms with E-state index in [-0.39, 0.29) is 6.54 Å². The van der Waals surface area contributed by atoms with Gasteiger partial charge >= 0.3 is 6.03 Å². The van der Waals surface area contributed by atoms with Crippen LogP contribution in [-0.2, 0) is 40.8 Å². The zero-order valence-electron chi connectivity index (χ0n) is 33.4. The monoisotopic (exact) mass is 788 g/mol. The van der Waals surface area contributed by atoms with Crippen molar-refractivity contribution in [3.63, 3.8) is 0 Å². The molecule has 0 saturated carbocycles. The summed E-state index contributed by atoms with van der Waals surface area (Å²) in [5.74, 6) is -1.84. The normalized spacial score (nSPS) is 12.4. The van der Waals surface area contributed by atoms with Crippen molar-refractivity contribution in [2.45, 2.75) is 64.6 Å². The number of rotatable bonds is 20. The Morgan fingerprint density at radius 1 is 0.724 bits per heavy atom. The topological polar surface area (TPSA) is 160 Å². The number of carbonyl (C=O) groups excluding carboxylic acids is 4. The van der Waals surface area contributed by atoms with Crippen LogP contribution in [0.2, 0.25) is 0 Å². The van der Waals surface area contributed by atoms with Gasteiger partial charge in [0.05, 0.1) is 18.0 Å². The molecule has 304 valence electrons. The van der Waals surface area contributed by atoms with Gasteiger partial charge in [-0.1, -0.05) is 115 Å². The van der Waals surface area contributed by atoms with E-state index in [2.05, 4.69) is 26.4 Å². The smallest absolute Gasteiger partial charge is 0.338 e. The van der Waals surface area contributed by atoms with Crippen LogP contribution in [0.4, 0.5) is 4.79 Å². The SMILES string of the molecule is CCNC(=O)NOCC(=O)N[C@@H](CC(=O)NC(c1ccccc1)(c1ccccc1)c1ccccc1)C(=O)N(Cc1cccc2cccnc12)[C@@H](C)C(OCC)OCC.